The minimum atomic E-state index is -5.47. The molecule has 2 heterocycles. The fraction of sp³-hybridized carbons (Fsp3) is 0.778. The monoisotopic (exact) mass is 920 g/mol. The Hall–Kier alpha value is -2.35. The molecule has 2 rings (SSSR count). The van der Waals surface area contributed by atoms with Crippen molar-refractivity contribution in [1.82, 2.24) is 0 Å². The second-order valence-corrected chi connectivity index (χ2v) is 17.8. The molecule has 0 aromatic rings. The van der Waals surface area contributed by atoms with Crippen molar-refractivity contribution in [1.29, 1.82) is 0 Å². The second kappa shape index (κ2) is 32.3. The molecule has 1 fully saturated rings. The van der Waals surface area contributed by atoms with Crippen molar-refractivity contribution in [2.75, 3.05) is 13.2 Å². The number of phosphoric ester groups is 1. The quantitative estimate of drug-likeness (QED) is 0.0352. The molecule has 63 heavy (non-hydrogen) atoms. The first-order chi connectivity index (χ1) is 30.1. The number of rotatable bonds is 20. The third-order valence-electron chi connectivity index (χ3n) is 10.9. The highest BCUT2D eigenvalue weighted by atomic mass is 31.2. The summed E-state index contributed by atoms with van der Waals surface area (Å²) >= 11 is 0. The maximum Gasteiger partial charge on any atom is 0.472 e. The molecular formula is C45H77O17P. The zero-order chi connectivity index (χ0) is 46.6. The Morgan fingerprint density at radius 1 is 0.857 bits per heavy atom. The van der Waals surface area contributed by atoms with Gasteiger partial charge in [-0.2, -0.15) is 0 Å². The number of hydrogen-bond donors (Lipinski definition) is 9. The number of unbranched alkanes of at least 4 members (excludes halogenated alkanes) is 8. The van der Waals surface area contributed by atoms with Crippen LogP contribution in [0.4, 0.5) is 0 Å². The zero-order valence-electron chi connectivity index (χ0n) is 37.1. The summed E-state index contributed by atoms with van der Waals surface area (Å²) < 4.78 is 40.2. The maximum absolute atomic E-state index is 13.5. The molecular weight excluding hydrogens is 843 g/mol. The molecule has 0 aromatic carbocycles. The third kappa shape index (κ3) is 23.6. The van der Waals surface area contributed by atoms with Crippen LogP contribution in [0.5, 0.6) is 0 Å². The zero-order valence-corrected chi connectivity index (χ0v) is 38.0. The molecule has 18 heteroatoms. The minimum absolute atomic E-state index is 0.0834. The molecule has 0 aromatic heterocycles. The van der Waals surface area contributed by atoms with Crippen molar-refractivity contribution in [2.45, 2.75) is 203 Å². The summed E-state index contributed by atoms with van der Waals surface area (Å²) in [5, 5.41) is 89.1. The standard InChI is InChI=1S/C45H77O17P/c1-3-5-7-8-9-10-11-12-13-14-15-16-21-25-37(48)58-30-33-31-59-63(56,57)62-45-43(54)41(52)36(28-27-32(46)23-19-6-4-2)61-39(50)29-35(47)34(40(51)42(53)44(45)55)24-20-17-18-22-26-38(49)60-33/h7-8,10-11,17,20,27-28,32-36,39-47,50-55H,3-6,9,12-16,18-19,21-26,29-31H2,1-2H3,(H,56,57)/b8-7-,11-10-,20-17-,28-27?/t32-,33+,34-,35-,36+,39?,40+,41+,42-,43+,44+,45+/m0/s1. The van der Waals surface area contributed by atoms with Gasteiger partial charge in [-0.15, -0.1) is 0 Å². The molecule has 2 unspecified atom stereocenters. The van der Waals surface area contributed by atoms with Gasteiger partial charge in [0.25, 0.3) is 0 Å². The molecule has 2 aliphatic rings. The molecule has 2 aliphatic heterocycles. The van der Waals surface area contributed by atoms with Gasteiger partial charge in [-0.05, 0) is 57.8 Å². The first kappa shape index (κ1) is 56.8. The van der Waals surface area contributed by atoms with Gasteiger partial charge in [0.1, 0.15) is 43.2 Å². The van der Waals surface area contributed by atoms with E-state index in [9.17, 15) is 59.9 Å². The van der Waals surface area contributed by atoms with Gasteiger partial charge in [0.2, 0.25) is 0 Å². The van der Waals surface area contributed by atoms with Gasteiger partial charge in [-0.25, -0.2) is 4.57 Å². The van der Waals surface area contributed by atoms with Gasteiger partial charge in [-0.3, -0.25) is 18.6 Å². The van der Waals surface area contributed by atoms with E-state index in [1.165, 1.54) is 6.08 Å². The van der Waals surface area contributed by atoms with Crippen LogP contribution in [0, 0.1) is 5.92 Å². The lowest BCUT2D eigenvalue weighted by Gasteiger charge is -2.39. The molecule has 0 spiro atoms. The smallest absolute Gasteiger partial charge is 0.462 e. The van der Waals surface area contributed by atoms with Gasteiger partial charge in [0.05, 0.1) is 24.9 Å². The Morgan fingerprint density at radius 2 is 1.56 bits per heavy atom. The normalized spacial score (nSPS) is 33.4. The van der Waals surface area contributed by atoms with Gasteiger partial charge in [-0.1, -0.05) is 107 Å². The van der Waals surface area contributed by atoms with Gasteiger partial charge in [0, 0.05) is 25.2 Å². The predicted molar refractivity (Wildman–Crippen MR) is 234 cm³/mol. The summed E-state index contributed by atoms with van der Waals surface area (Å²) in [6, 6.07) is 0. The van der Waals surface area contributed by atoms with E-state index >= 15 is 0 Å². The Bertz CT molecular complexity index is 1420. The topological polar surface area (TPSA) is 279 Å². The van der Waals surface area contributed by atoms with Crippen LogP contribution >= 0.6 is 7.82 Å². The highest BCUT2D eigenvalue weighted by Gasteiger charge is 2.48. The number of esters is 2. The summed E-state index contributed by atoms with van der Waals surface area (Å²) in [6.45, 7) is 2.69. The van der Waals surface area contributed by atoms with Crippen molar-refractivity contribution in [2.24, 2.45) is 5.92 Å². The Balaban J connectivity index is 2.24. The number of fused-ring (bicyclic) bond motifs is 4. The number of aliphatic hydroxyl groups is 8. The van der Waals surface area contributed by atoms with E-state index < -0.39 is 113 Å². The molecule has 0 amide bonds. The number of carbonyl (C=O) groups is 2. The number of hydrogen-bond acceptors (Lipinski definition) is 16. The highest BCUT2D eigenvalue weighted by Crippen LogP contribution is 2.47. The molecule has 364 valence electrons. The Morgan fingerprint density at radius 3 is 2.29 bits per heavy atom. The second-order valence-electron chi connectivity index (χ2n) is 16.4. The van der Waals surface area contributed by atoms with Crippen LogP contribution in [0.3, 0.4) is 0 Å². The van der Waals surface area contributed by atoms with Crippen LogP contribution in [-0.4, -0.2) is 138 Å². The number of aliphatic hydroxyl groups excluding tert-OH is 8. The molecule has 2 bridgehead atoms. The van der Waals surface area contributed by atoms with Gasteiger partial charge < -0.3 is 60.0 Å². The number of ether oxygens (including phenoxy) is 3. The molecule has 0 aliphatic carbocycles. The third-order valence-corrected chi connectivity index (χ3v) is 11.9. The van der Waals surface area contributed by atoms with Crippen molar-refractivity contribution in [3.63, 3.8) is 0 Å². The number of phosphoric acid groups is 1. The van der Waals surface area contributed by atoms with Crippen molar-refractivity contribution < 1.29 is 83.2 Å². The summed E-state index contributed by atoms with van der Waals surface area (Å²) in [4.78, 5) is 36.4. The van der Waals surface area contributed by atoms with E-state index in [2.05, 4.69) is 31.2 Å². The first-order valence-corrected chi connectivity index (χ1v) is 24.3. The van der Waals surface area contributed by atoms with Gasteiger partial charge in [0.15, 0.2) is 12.4 Å². The lowest BCUT2D eigenvalue weighted by Crippen LogP contribution is -2.58. The summed E-state index contributed by atoms with van der Waals surface area (Å²) in [6.07, 6.45) is 3.94. The van der Waals surface area contributed by atoms with Crippen LogP contribution in [0.2, 0.25) is 0 Å². The molecule has 17 nitrogen and oxygen atoms in total. The highest BCUT2D eigenvalue weighted by molar-refractivity contribution is 7.47. The predicted octanol–water partition coefficient (Wildman–Crippen LogP) is 4.49. The molecule has 0 saturated carbocycles. The number of carbonyl (C=O) groups excluding carboxylic acids is 2. The first-order valence-electron chi connectivity index (χ1n) is 22.8. The van der Waals surface area contributed by atoms with Crippen molar-refractivity contribution in [3.8, 4) is 0 Å². The molecule has 1 saturated heterocycles. The van der Waals surface area contributed by atoms with Crippen LogP contribution in [0.1, 0.15) is 136 Å². The number of allylic oxidation sites excluding steroid dienone is 6. The van der Waals surface area contributed by atoms with Gasteiger partial charge >= 0.3 is 19.8 Å². The maximum atomic E-state index is 13.5. The fourth-order valence-electron chi connectivity index (χ4n) is 7.14. The average Bonchev–Trinajstić information content (AvgIpc) is 3.24. The Kier molecular flexibility index (Phi) is 29.1. The van der Waals surface area contributed by atoms with E-state index in [0.29, 0.717) is 25.7 Å². The van der Waals surface area contributed by atoms with Crippen molar-refractivity contribution >= 4 is 19.8 Å². The summed E-state index contributed by atoms with van der Waals surface area (Å²) in [5.41, 5.74) is 0. The number of cyclic esters (lactones) is 1. The lowest BCUT2D eigenvalue weighted by molar-refractivity contribution is -0.213. The fourth-order valence-corrected chi connectivity index (χ4v) is 8.11. The molecule has 13 atom stereocenters. The van der Waals surface area contributed by atoms with Crippen LogP contribution in [-0.2, 0) is 37.4 Å². The van der Waals surface area contributed by atoms with E-state index in [1.54, 1.807) is 12.2 Å². The molecule has 9 N–H and O–H groups in total. The summed E-state index contributed by atoms with van der Waals surface area (Å²) in [5.74, 6) is -2.63. The average molecular weight is 921 g/mol. The lowest BCUT2D eigenvalue weighted by atomic mass is 9.83. The largest absolute Gasteiger partial charge is 0.472 e. The van der Waals surface area contributed by atoms with Crippen molar-refractivity contribution in [3.05, 3.63) is 48.6 Å². The SMILES string of the molecule is CCC/C=C\C/C=C\CCCCCCCC(=O)OC[C@@H]1COP(=O)(O)O[C@H]2[C@H](O)[C@@H](O)[C@H](O)[C@@H](C/C=C\CCCC(=O)O1)[C@@H](O)CC(O)O[C@H](C=C[C@@H](O)CCCCC)[C@@H](O)[C@H]2O. The van der Waals surface area contributed by atoms with Crippen LogP contribution < -0.4 is 0 Å². The van der Waals surface area contributed by atoms with E-state index in [1.807, 2.05) is 6.92 Å². The van der Waals surface area contributed by atoms with Crippen LogP contribution in [0.25, 0.3) is 0 Å². The van der Waals surface area contributed by atoms with Crippen LogP contribution in [0.15, 0.2) is 48.6 Å². The Labute approximate surface area is 373 Å². The van der Waals surface area contributed by atoms with E-state index in [-0.39, 0.29) is 25.7 Å². The van der Waals surface area contributed by atoms with E-state index in [0.717, 1.165) is 70.3 Å². The summed E-state index contributed by atoms with van der Waals surface area (Å²) in [7, 11) is -5.47. The van der Waals surface area contributed by atoms with E-state index in [4.69, 9.17) is 23.3 Å². The minimum Gasteiger partial charge on any atom is -0.462 e. The molecule has 0 radical (unpaired) electrons.